The Morgan fingerprint density at radius 3 is 2.77 bits per heavy atom. The topological polar surface area (TPSA) is 78.2 Å². The molecular formula is C24H26N4O3. The predicted octanol–water partition coefficient (Wildman–Crippen LogP) is 3.32. The second-order valence-corrected chi connectivity index (χ2v) is 7.71. The fourth-order valence-corrected chi connectivity index (χ4v) is 3.76. The Bertz CT molecular complexity index is 1310. The lowest BCUT2D eigenvalue weighted by Gasteiger charge is -2.13. The lowest BCUT2D eigenvalue weighted by Crippen LogP contribution is -2.35. The van der Waals surface area contributed by atoms with Crippen molar-refractivity contribution in [1.82, 2.24) is 19.4 Å². The molecule has 0 aliphatic heterocycles. The van der Waals surface area contributed by atoms with Gasteiger partial charge in [0.15, 0.2) is 0 Å². The lowest BCUT2D eigenvalue weighted by molar-refractivity contribution is -0.122. The highest BCUT2D eigenvalue weighted by atomic mass is 16.5. The third-order valence-electron chi connectivity index (χ3n) is 5.54. The molecule has 1 atom stereocenters. The summed E-state index contributed by atoms with van der Waals surface area (Å²) in [5.74, 6) is 0.606. The molecule has 31 heavy (non-hydrogen) atoms. The van der Waals surface area contributed by atoms with Crippen molar-refractivity contribution in [3.05, 3.63) is 70.8 Å². The molecule has 0 fully saturated rings. The second-order valence-electron chi connectivity index (χ2n) is 7.71. The van der Waals surface area contributed by atoms with Crippen LogP contribution < -0.4 is 15.6 Å². The Balaban J connectivity index is 1.82. The maximum Gasteiger partial charge on any atom is 0.278 e. The highest BCUT2D eigenvalue weighted by Gasteiger charge is 2.18. The van der Waals surface area contributed by atoms with Crippen LogP contribution in [0.5, 0.6) is 5.75 Å². The number of benzene rings is 2. The Hall–Kier alpha value is -3.61. The van der Waals surface area contributed by atoms with E-state index in [1.165, 1.54) is 0 Å². The number of nitrogens with zero attached hydrogens (tertiary/aromatic N) is 3. The van der Waals surface area contributed by atoms with Crippen LogP contribution in [0.2, 0.25) is 0 Å². The predicted molar refractivity (Wildman–Crippen MR) is 121 cm³/mol. The van der Waals surface area contributed by atoms with Crippen LogP contribution in [0.4, 0.5) is 0 Å². The molecule has 1 unspecified atom stereocenters. The number of hydrogen-bond acceptors (Lipinski definition) is 4. The first-order valence-corrected chi connectivity index (χ1v) is 10.4. The highest BCUT2D eigenvalue weighted by molar-refractivity contribution is 6.06. The maximum absolute atomic E-state index is 13.5. The van der Waals surface area contributed by atoms with E-state index in [2.05, 4.69) is 10.3 Å². The molecule has 0 radical (unpaired) electrons. The summed E-state index contributed by atoms with van der Waals surface area (Å²) < 4.78 is 8.63. The summed E-state index contributed by atoms with van der Waals surface area (Å²) in [7, 11) is 1.61. The van der Waals surface area contributed by atoms with Gasteiger partial charge in [-0.15, -0.1) is 0 Å². The van der Waals surface area contributed by atoms with E-state index in [-0.39, 0.29) is 24.1 Å². The molecule has 2 aromatic carbocycles. The van der Waals surface area contributed by atoms with Crippen LogP contribution in [0.1, 0.15) is 25.8 Å². The summed E-state index contributed by atoms with van der Waals surface area (Å²) >= 11 is 0. The number of para-hydroxylation sites is 1. The smallest absolute Gasteiger partial charge is 0.278 e. The Labute approximate surface area is 180 Å². The van der Waals surface area contributed by atoms with Gasteiger partial charge >= 0.3 is 0 Å². The van der Waals surface area contributed by atoms with E-state index < -0.39 is 0 Å². The van der Waals surface area contributed by atoms with Crippen molar-refractivity contribution in [1.29, 1.82) is 0 Å². The molecule has 0 aliphatic rings. The van der Waals surface area contributed by atoms with Crippen LogP contribution in [0.15, 0.2) is 59.7 Å². The van der Waals surface area contributed by atoms with Crippen LogP contribution in [0.25, 0.3) is 21.9 Å². The van der Waals surface area contributed by atoms with Gasteiger partial charge in [-0.05, 0) is 37.1 Å². The molecule has 0 aliphatic carbocycles. The molecule has 160 valence electrons. The number of ether oxygens (including phenoxy) is 1. The van der Waals surface area contributed by atoms with Crippen molar-refractivity contribution >= 4 is 27.8 Å². The van der Waals surface area contributed by atoms with Gasteiger partial charge in [-0.3, -0.25) is 14.2 Å². The quantitative estimate of drug-likeness (QED) is 0.499. The average molecular weight is 418 g/mol. The second kappa shape index (κ2) is 8.63. The van der Waals surface area contributed by atoms with Crippen molar-refractivity contribution in [2.75, 3.05) is 7.11 Å². The minimum absolute atomic E-state index is 0.0639. The van der Waals surface area contributed by atoms with E-state index in [0.717, 1.165) is 28.6 Å². The summed E-state index contributed by atoms with van der Waals surface area (Å²) in [5, 5.41) is 3.84. The fourth-order valence-electron chi connectivity index (χ4n) is 3.76. The van der Waals surface area contributed by atoms with E-state index in [1.54, 1.807) is 22.6 Å². The number of nitrogens with one attached hydrogen (secondary N) is 1. The summed E-state index contributed by atoms with van der Waals surface area (Å²) in [4.78, 5) is 30.7. The first kappa shape index (κ1) is 20.7. The minimum Gasteiger partial charge on any atom is -0.497 e. The summed E-state index contributed by atoms with van der Waals surface area (Å²) in [6.07, 6.45) is 2.41. The van der Waals surface area contributed by atoms with Gasteiger partial charge in [-0.2, -0.15) is 0 Å². The molecular weight excluding hydrogens is 392 g/mol. The fraction of sp³-hybridized carbons (Fsp3) is 0.292. The standard InChI is InChI=1S/C24H26N4O3/c1-4-16(2)26-21(29)14-28-20-11-6-5-10-19(20)22-23(28)24(30)27(15-25-22)13-17-8-7-9-18(12-17)31-3/h5-12,15-16H,4,13-14H2,1-3H3,(H,26,29). The van der Waals surface area contributed by atoms with Crippen LogP contribution >= 0.6 is 0 Å². The molecule has 4 rings (SSSR count). The van der Waals surface area contributed by atoms with Crippen LogP contribution in [0, 0.1) is 0 Å². The van der Waals surface area contributed by atoms with E-state index in [4.69, 9.17) is 4.74 Å². The molecule has 0 bridgehead atoms. The monoisotopic (exact) mass is 418 g/mol. The number of carbonyl (C=O) groups excluding carboxylic acids is 1. The third-order valence-corrected chi connectivity index (χ3v) is 5.54. The molecule has 4 aromatic rings. The first-order valence-electron chi connectivity index (χ1n) is 10.4. The van der Waals surface area contributed by atoms with E-state index in [0.29, 0.717) is 17.6 Å². The number of rotatable bonds is 7. The zero-order valence-corrected chi connectivity index (χ0v) is 18.0. The largest absolute Gasteiger partial charge is 0.497 e. The number of methoxy groups -OCH3 is 1. The van der Waals surface area contributed by atoms with Gasteiger partial charge in [0, 0.05) is 11.4 Å². The van der Waals surface area contributed by atoms with Crippen molar-refractivity contribution in [3.8, 4) is 5.75 Å². The molecule has 0 saturated heterocycles. The molecule has 0 saturated carbocycles. The highest BCUT2D eigenvalue weighted by Crippen LogP contribution is 2.25. The van der Waals surface area contributed by atoms with Crippen molar-refractivity contribution < 1.29 is 9.53 Å². The van der Waals surface area contributed by atoms with E-state index in [9.17, 15) is 9.59 Å². The van der Waals surface area contributed by atoms with Gasteiger partial charge in [0.1, 0.15) is 23.3 Å². The van der Waals surface area contributed by atoms with Gasteiger partial charge in [-0.25, -0.2) is 4.98 Å². The van der Waals surface area contributed by atoms with Crippen molar-refractivity contribution in [2.24, 2.45) is 0 Å². The van der Waals surface area contributed by atoms with Gasteiger partial charge in [0.25, 0.3) is 5.56 Å². The number of hydrogen-bond donors (Lipinski definition) is 1. The third kappa shape index (κ3) is 4.03. The van der Waals surface area contributed by atoms with Gasteiger partial charge in [0.2, 0.25) is 5.91 Å². The molecule has 2 aromatic heterocycles. The summed E-state index contributed by atoms with van der Waals surface area (Å²) in [6, 6.07) is 15.3. The van der Waals surface area contributed by atoms with Crippen LogP contribution in [0.3, 0.4) is 0 Å². The number of fused-ring (bicyclic) bond motifs is 3. The van der Waals surface area contributed by atoms with Gasteiger partial charge in [0.05, 0.1) is 25.5 Å². The van der Waals surface area contributed by atoms with E-state index >= 15 is 0 Å². The molecule has 1 amide bonds. The molecule has 2 heterocycles. The Morgan fingerprint density at radius 1 is 1.19 bits per heavy atom. The zero-order chi connectivity index (χ0) is 22.0. The first-order chi connectivity index (χ1) is 15.0. The number of aromatic nitrogens is 3. The van der Waals surface area contributed by atoms with Gasteiger partial charge < -0.3 is 14.6 Å². The molecule has 7 heteroatoms. The summed E-state index contributed by atoms with van der Waals surface area (Å²) in [5.41, 5.74) is 2.62. The molecule has 1 N–H and O–H groups in total. The van der Waals surface area contributed by atoms with Crippen molar-refractivity contribution in [2.45, 2.75) is 39.4 Å². The van der Waals surface area contributed by atoms with Crippen LogP contribution in [-0.2, 0) is 17.9 Å². The SMILES string of the molecule is CCC(C)NC(=O)Cn1c2ccccc2c2ncn(Cc3cccc(OC)c3)c(=O)c21. The minimum atomic E-state index is -0.180. The molecule has 7 nitrogen and oxygen atoms in total. The number of carbonyl (C=O) groups is 1. The lowest BCUT2D eigenvalue weighted by atomic mass is 10.2. The maximum atomic E-state index is 13.5. The zero-order valence-electron chi connectivity index (χ0n) is 18.0. The van der Waals surface area contributed by atoms with E-state index in [1.807, 2.05) is 62.4 Å². The molecule has 0 spiro atoms. The number of amides is 1. The average Bonchev–Trinajstić information content (AvgIpc) is 3.10. The van der Waals surface area contributed by atoms with Crippen LogP contribution in [-0.4, -0.2) is 33.2 Å². The Kier molecular flexibility index (Phi) is 5.75. The summed E-state index contributed by atoms with van der Waals surface area (Å²) in [6.45, 7) is 4.41. The normalized spacial score (nSPS) is 12.2. The van der Waals surface area contributed by atoms with Gasteiger partial charge in [-0.1, -0.05) is 37.3 Å². The van der Waals surface area contributed by atoms with Crippen molar-refractivity contribution in [3.63, 3.8) is 0 Å². The Morgan fingerprint density at radius 2 is 2.00 bits per heavy atom.